The van der Waals surface area contributed by atoms with Crippen LogP contribution in [0.3, 0.4) is 0 Å². The molecule has 0 aromatic rings. The Balaban J connectivity index is 1.94. The minimum atomic E-state index is -0.635. The molecule has 0 bridgehead atoms. The third-order valence-electron chi connectivity index (χ3n) is 3.45. The number of rotatable bonds is 1. The van der Waals surface area contributed by atoms with Gasteiger partial charge in [-0.15, -0.1) is 0 Å². The van der Waals surface area contributed by atoms with E-state index < -0.39 is 12.2 Å². The fourth-order valence-corrected chi connectivity index (χ4v) is 2.59. The summed E-state index contributed by atoms with van der Waals surface area (Å²) in [6.07, 6.45) is 2.53. The van der Waals surface area contributed by atoms with Gasteiger partial charge in [0.25, 0.3) is 0 Å². The standard InChI is InChI=1S/C10H19NO3/c12-8-4-2-1-3-7(8)11-5-9(13)10(14)6-11/h7-10,12-14H,1-6H2/t7-,8-,9?,10?/m0/s1. The minimum absolute atomic E-state index is 0.149. The van der Waals surface area contributed by atoms with E-state index >= 15 is 0 Å². The highest BCUT2D eigenvalue weighted by molar-refractivity contribution is 4.91. The van der Waals surface area contributed by atoms with Gasteiger partial charge in [-0.2, -0.15) is 0 Å². The summed E-state index contributed by atoms with van der Waals surface area (Å²) in [7, 11) is 0. The average molecular weight is 201 g/mol. The van der Waals surface area contributed by atoms with Crippen LogP contribution in [0.25, 0.3) is 0 Å². The van der Waals surface area contributed by atoms with E-state index in [2.05, 4.69) is 0 Å². The van der Waals surface area contributed by atoms with E-state index in [1.165, 1.54) is 0 Å². The molecule has 2 rings (SSSR count). The summed E-state index contributed by atoms with van der Waals surface area (Å²) >= 11 is 0. The molecule has 2 aliphatic rings. The summed E-state index contributed by atoms with van der Waals surface area (Å²) in [4.78, 5) is 2.03. The van der Waals surface area contributed by atoms with Gasteiger partial charge in [0.2, 0.25) is 0 Å². The molecule has 14 heavy (non-hydrogen) atoms. The largest absolute Gasteiger partial charge is 0.391 e. The quantitative estimate of drug-likeness (QED) is 0.526. The van der Waals surface area contributed by atoms with Gasteiger partial charge in [0.1, 0.15) is 0 Å². The van der Waals surface area contributed by atoms with Crippen molar-refractivity contribution in [2.75, 3.05) is 13.1 Å². The molecule has 0 radical (unpaired) electrons. The lowest BCUT2D eigenvalue weighted by atomic mass is 9.91. The Hall–Kier alpha value is -0.160. The fourth-order valence-electron chi connectivity index (χ4n) is 2.59. The summed E-state index contributed by atoms with van der Waals surface area (Å²) in [5, 5.41) is 28.6. The number of β-amino-alcohol motifs (C(OH)–C–C–N with tert-alkyl or cyclic N) is 2. The molecule has 1 aliphatic heterocycles. The Kier molecular flexibility index (Phi) is 3.07. The van der Waals surface area contributed by atoms with Gasteiger partial charge < -0.3 is 15.3 Å². The summed E-state index contributed by atoms with van der Waals surface area (Å²) in [6.45, 7) is 1.01. The summed E-state index contributed by atoms with van der Waals surface area (Å²) in [5.74, 6) is 0. The molecule has 0 amide bonds. The first-order valence-corrected chi connectivity index (χ1v) is 5.46. The molecular weight excluding hydrogens is 182 g/mol. The van der Waals surface area contributed by atoms with E-state index in [4.69, 9.17) is 0 Å². The molecule has 1 heterocycles. The molecule has 4 nitrogen and oxygen atoms in total. The Bertz CT molecular complexity index is 190. The van der Waals surface area contributed by atoms with Gasteiger partial charge in [-0.05, 0) is 12.8 Å². The molecule has 4 atom stereocenters. The lowest BCUT2D eigenvalue weighted by Crippen LogP contribution is -2.44. The zero-order valence-electron chi connectivity index (χ0n) is 8.34. The molecule has 4 heteroatoms. The number of hydrogen-bond acceptors (Lipinski definition) is 4. The van der Waals surface area contributed by atoms with Crippen molar-refractivity contribution in [2.45, 2.75) is 50.0 Å². The normalized spacial score (nSPS) is 45.6. The molecule has 1 aliphatic carbocycles. The van der Waals surface area contributed by atoms with E-state index in [1.54, 1.807) is 0 Å². The van der Waals surface area contributed by atoms with Gasteiger partial charge >= 0.3 is 0 Å². The van der Waals surface area contributed by atoms with Crippen LogP contribution in [0.5, 0.6) is 0 Å². The van der Waals surface area contributed by atoms with Crippen molar-refractivity contribution in [3.05, 3.63) is 0 Å². The third-order valence-corrected chi connectivity index (χ3v) is 3.45. The van der Waals surface area contributed by atoms with Gasteiger partial charge in [0.15, 0.2) is 0 Å². The second kappa shape index (κ2) is 4.14. The van der Waals surface area contributed by atoms with Crippen molar-refractivity contribution in [3.8, 4) is 0 Å². The van der Waals surface area contributed by atoms with Crippen molar-refractivity contribution in [1.29, 1.82) is 0 Å². The maximum atomic E-state index is 9.80. The molecule has 1 saturated carbocycles. The Morgan fingerprint density at radius 2 is 1.36 bits per heavy atom. The van der Waals surface area contributed by atoms with Crippen LogP contribution in [0.4, 0.5) is 0 Å². The van der Waals surface area contributed by atoms with Crippen LogP contribution in [-0.2, 0) is 0 Å². The first kappa shape index (κ1) is 10.4. The molecular formula is C10H19NO3. The van der Waals surface area contributed by atoms with Crippen LogP contribution < -0.4 is 0 Å². The first-order chi connectivity index (χ1) is 6.68. The predicted molar refractivity (Wildman–Crippen MR) is 51.8 cm³/mol. The molecule has 0 aromatic carbocycles. The smallest absolute Gasteiger partial charge is 0.0938 e. The van der Waals surface area contributed by atoms with Gasteiger partial charge in [-0.25, -0.2) is 0 Å². The highest BCUT2D eigenvalue weighted by Crippen LogP contribution is 2.26. The van der Waals surface area contributed by atoms with Gasteiger partial charge in [-0.3, -0.25) is 4.90 Å². The van der Waals surface area contributed by atoms with Crippen molar-refractivity contribution in [1.82, 2.24) is 4.90 Å². The van der Waals surface area contributed by atoms with Crippen molar-refractivity contribution < 1.29 is 15.3 Å². The molecule has 0 aromatic heterocycles. The lowest BCUT2D eigenvalue weighted by Gasteiger charge is -2.34. The van der Waals surface area contributed by atoms with Crippen molar-refractivity contribution in [3.63, 3.8) is 0 Å². The van der Waals surface area contributed by atoms with Crippen LogP contribution in [0.1, 0.15) is 25.7 Å². The maximum Gasteiger partial charge on any atom is 0.0938 e. The third kappa shape index (κ3) is 1.93. The Morgan fingerprint density at radius 3 is 1.93 bits per heavy atom. The second-order valence-corrected chi connectivity index (χ2v) is 4.51. The monoisotopic (exact) mass is 201 g/mol. The Labute approximate surface area is 84.2 Å². The van der Waals surface area contributed by atoms with E-state index in [-0.39, 0.29) is 12.1 Å². The number of hydrogen-bond donors (Lipinski definition) is 3. The Morgan fingerprint density at radius 1 is 0.786 bits per heavy atom. The molecule has 2 unspecified atom stereocenters. The van der Waals surface area contributed by atoms with Gasteiger partial charge in [0.05, 0.1) is 18.3 Å². The first-order valence-electron chi connectivity index (χ1n) is 5.46. The maximum absolute atomic E-state index is 9.80. The van der Waals surface area contributed by atoms with Crippen LogP contribution >= 0.6 is 0 Å². The summed E-state index contributed by atoms with van der Waals surface area (Å²) < 4.78 is 0. The highest BCUT2D eigenvalue weighted by atomic mass is 16.3. The van der Waals surface area contributed by atoms with Crippen LogP contribution in [0, 0.1) is 0 Å². The SMILES string of the molecule is OC1CN([C@H]2CCCC[C@@H]2O)CC1O. The molecule has 3 N–H and O–H groups in total. The van der Waals surface area contributed by atoms with E-state index in [1.807, 2.05) is 4.90 Å². The average Bonchev–Trinajstić information content (AvgIpc) is 2.48. The van der Waals surface area contributed by atoms with E-state index in [9.17, 15) is 15.3 Å². The summed E-state index contributed by atoms with van der Waals surface area (Å²) in [6, 6.07) is 0.149. The van der Waals surface area contributed by atoms with E-state index in [0.29, 0.717) is 13.1 Å². The molecule has 1 saturated heterocycles. The van der Waals surface area contributed by atoms with Crippen molar-refractivity contribution >= 4 is 0 Å². The minimum Gasteiger partial charge on any atom is -0.391 e. The number of likely N-dealkylation sites (tertiary alicyclic amines) is 1. The molecule has 0 spiro atoms. The molecule has 2 fully saturated rings. The van der Waals surface area contributed by atoms with Gasteiger partial charge in [0, 0.05) is 19.1 Å². The van der Waals surface area contributed by atoms with Crippen molar-refractivity contribution in [2.24, 2.45) is 0 Å². The molecule has 82 valence electrons. The zero-order chi connectivity index (χ0) is 10.1. The van der Waals surface area contributed by atoms with E-state index in [0.717, 1.165) is 25.7 Å². The van der Waals surface area contributed by atoms with Crippen LogP contribution in [-0.4, -0.2) is 57.7 Å². The zero-order valence-corrected chi connectivity index (χ0v) is 8.34. The van der Waals surface area contributed by atoms with Crippen LogP contribution in [0.2, 0.25) is 0 Å². The lowest BCUT2D eigenvalue weighted by molar-refractivity contribution is 0.0246. The van der Waals surface area contributed by atoms with Crippen LogP contribution in [0.15, 0.2) is 0 Å². The number of aliphatic hydroxyl groups excluding tert-OH is 3. The topological polar surface area (TPSA) is 63.9 Å². The number of aliphatic hydroxyl groups is 3. The predicted octanol–water partition coefficient (Wildman–Crippen LogP) is -0.673. The fraction of sp³-hybridized carbons (Fsp3) is 1.00. The number of nitrogens with zero attached hydrogens (tertiary/aromatic N) is 1. The summed E-state index contributed by atoms with van der Waals surface area (Å²) in [5.41, 5.74) is 0. The highest BCUT2D eigenvalue weighted by Gasteiger charge is 2.37. The van der Waals surface area contributed by atoms with Gasteiger partial charge in [-0.1, -0.05) is 12.8 Å². The second-order valence-electron chi connectivity index (χ2n) is 4.51.